The van der Waals surface area contributed by atoms with Gasteiger partial charge in [0.05, 0.1) is 6.33 Å². The summed E-state index contributed by atoms with van der Waals surface area (Å²) < 4.78 is 7.89. The van der Waals surface area contributed by atoms with Crippen LogP contribution in [0.4, 0.5) is 10.7 Å². The van der Waals surface area contributed by atoms with Crippen molar-refractivity contribution in [2.75, 3.05) is 5.32 Å². The van der Waals surface area contributed by atoms with E-state index in [0.29, 0.717) is 6.54 Å². The molecule has 0 atom stereocenters. The summed E-state index contributed by atoms with van der Waals surface area (Å²) in [6.45, 7) is 8.70. The number of anilines is 1. The normalized spacial score (nSPS) is 11.5. The number of imidazole rings is 1. The van der Waals surface area contributed by atoms with Crippen LogP contribution in [0.15, 0.2) is 11.1 Å². The Morgan fingerprint density at radius 1 is 1.35 bits per heavy atom. The van der Waals surface area contributed by atoms with Crippen molar-refractivity contribution in [3.05, 3.63) is 16.7 Å². The van der Waals surface area contributed by atoms with Gasteiger partial charge in [0.1, 0.15) is 5.60 Å². The molecule has 0 spiro atoms. The number of fused-ring (bicyclic) bond motifs is 1. The molecule has 2 heterocycles. The summed E-state index contributed by atoms with van der Waals surface area (Å²) in [5, 5.41) is 2.36. The number of carbonyl (C=O) groups excluding carboxylic acids is 2. The number of aryl methyl sites for hydroxylation is 1. The summed E-state index contributed by atoms with van der Waals surface area (Å²) >= 11 is 0. The van der Waals surface area contributed by atoms with E-state index in [-0.39, 0.29) is 17.1 Å². The standard InChI is InChI=1S/C14H19N5O4/c1-6-18-7-15-10-9(18)11(21)17-12(16-8(2)20)19(10)13(22)23-14(3,4)5/h7H,6H2,1-5H3,(H,16,17,20,21). The predicted molar refractivity (Wildman–Crippen MR) is 83.4 cm³/mol. The fourth-order valence-corrected chi connectivity index (χ4v) is 2.01. The van der Waals surface area contributed by atoms with E-state index < -0.39 is 23.2 Å². The van der Waals surface area contributed by atoms with Crippen LogP contribution >= 0.6 is 0 Å². The molecule has 0 aliphatic carbocycles. The second kappa shape index (κ2) is 5.82. The first kappa shape index (κ1) is 16.7. The van der Waals surface area contributed by atoms with Crippen LogP contribution in [0.2, 0.25) is 0 Å². The van der Waals surface area contributed by atoms with E-state index in [1.165, 1.54) is 13.3 Å². The van der Waals surface area contributed by atoms with E-state index in [0.717, 1.165) is 4.57 Å². The maximum absolute atomic E-state index is 12.5. The maximum atomic E-state index is 12.5. The summed E-state index contributed by atoms with van der Waals surface area (Å²) in [4.78, 5) is 43.9. The fourth-order valence-electron chi connectivity index (χ4n) is 2.01. The molecule has 2 aromatic heterocycles. The molecule has 1 N–H and O–H groups in total. The van der Waals surface area contributed by atoms with Crippen LogP contribution in [0.3, 0.4) is 0 Å². The van der Waals surface area contributed by atoms with Gasteiger partial charge in [-0.2, -0.15) is 9.55 Å². The number of carbonyl (C=O) groups is 2. The van der Waals surface area contributed by atoms with E-state index in [2.05, 4.69) is 15.3 Å². The van der Waals surface area contributed by atoms with Gasteiger partial charge in [0.15, 0.2) is 11.2 Å². The van der Waals surface area contributed by atoms with Crippen molar-refractivity contribution in [2.45, 2.75) is 46.8 Å². The summed E-state index contributed by atoms with van der Waals surface area (Å²) in [7, 11) is 0. The molecule has 0 aliphatic rings. The molecule has 0 aromatic carbocycles. The van der Waals surface area contributed by atoms with Gasteiger partial charge in [0.25, 0.3) is 0 Å². The van der Waals surface area contributed by atoms with E-state index >= 15 is 0 Å². The van der Waals surface area contributed by atoms with E-state index in [1.54, 1.807) is 25.3 Å². The van der Waals surface area contributed by atoms with Gasteiger partial charge in [0, 0.05) is 13.5 Å². The van der Waals surface area contributed by atoms with E-state index in [9.17, 15) is 14.4 Å². The largest absolute Gasteiger partial charge is 0.443 e. The lowest BCUT2D eigenvalue weighted by molar-refractivity contribution is -0.114. The zero-order valence-corrected chi connectivity index (χ0v) is 13.7. The highest BCUT2D eigenvalue weighted by Crippen LogP contribution is 2.17. The lowest BCUT2D eigenvalue weighted by Gasteiger charge is -2.21. The molecule has 2 aromatic rings. The smallest absolute Gasteiger partial charge is 0.423 e. The highest BCUT2D eigenvalue weighted by Gasteiger charge is 2.25. The van der Waals surface area contributed by atoms with Gasteiger partial charge in [-0.1, -0.05) is 0 Å². The Labute approximate surface area is 132 Å². The second-order valence-electron chi connectivity index (χ2n) is 5.94. The number of rotatable bonds is 2. The van der Waals surface area contributed by atoms with Gasteiger partial charge < -0.3 is 9.30 Å². The lowest BCUT2D eigenvalue weighted by Crippen LogP contribution is -2.31. The Bertz CT molecular complexity index is 828. The van der Waals surface area contributed by atoms with Crippen molar-refractivity contribution in [1.82, 2.24) is 19.1 Å². The van der Waals surface area contributed by atoms with Crippen molar-refractivity contribution in [3.8, 4) is 0 Å². The van der Waals surface area contributed by atoms with Crippen LogP contribution in [0.5, 0.6) is 0 Å². The highest BCUT2D eigenvalue weighted by molar-refractivity contribution is 5.92. The van der Waals surface area contributed by atoms with Gasteiger partial charge in [-0.15, -0.1) is 0 Å². The monoisotopic (exact) mass is 321 g/mol. The van der Waals surface area contributed by atoms with Gasteiger partial charge in [-0.3, -0.25) is 14.9 Å². The zero-order valence-electron chi connectivity index (χ0n) is 13.7. The molecule has 0 bridgehead atoms. The summed E-state index contributed by atoms with van der Waals surface area (Å²) in [6.07, 6.45) is 0.659. The van der Waals surface area contributed by atoms with Gasteiger partial charge in [-0.05, 0) is 27.7 Å². The number of nitrogens with one attached hydrogen (secondary N) is 1. The second-order valence-corrected chi connectivity index (χ2v) is 5.94. The molecule has 0 aliphatic heterocycles. The van der Waals surface area contributed by atoms with Crippen molar-refractivity contribution in [1.29, 1.82) is 0 Å². The molecular formula is C14H19N5O4. The Kier molecular flexibility index (Phi) is 4.22. The SMILES string of the molecule is CCn1cnc2c1c(=O)nc(NC(C)=O)n2C(=O)OC(C)(C)C. The Balaban J connectivity index is 2.74. The van der Waals surface area contributed by atoms with Crippen LogP contribution in [0, 0.1) is 0 Å². The minimum atomic E-state index is -0.778. The third-order valence-corrected chi connectivity index (χ3v) is 2.86. The lowest BCUT2D eigenvalue weighted by atomic mass is 10.2. The third kappa shape index (κ3) is 3.38. The summed E-state index contributed by atoms with van der Waals surface area (Å²) in [5.74, 6) is -0.686. The van der Waals surface area contributed by atoms with Crippen molar-refractivity contribution < 1.29 is 14.3 Å². The zero-order chi connectivity index (χ0) is 17.4. The molecule has 23 heavy (non-hydrogen) atoms. The first-order chi connectivity index (χ1) is 10.6. The molecule has 0 saturated carbocycles. The van der Waals surface area contributed by atoms with E-state index in [1.807, 2.05) is 6.92 Å². The van der Waals surface area contributed by atoms with Crippen LogP contribution in [0.25, 0.3) is 11.2 Å². The molecule has 0 fully saturated rings. The maximum Gasteiger partial charge on any atom is 0.423 e. The van der Waals surface area contributed by atoms with Crippen molar-refractivity contribution in [3.63, 3.8) is 0 Å². The molecule has 124 valence electrons. The Morgan fingerprint density at radius 2 is 2.00 bits per heavy atom. The molecule has 9 nitrogen and oxygen atoms in total. The minimum Gasteiger partial charge on any atom is -0.443 e. The molecular weight excluding hydrogens is 302 g/mol. The minimum absolute atomic E-state index is 0.0878. The number of amides is 1. The van der Waals surface area contributed by atoms with Crippen LogP contribution < -0.4 is 10.9 Å². The number of hydrogen-bond acceptors (Lipinski definition) is 6. The summed E-state index contributed by atoms with van der Waals surface area (Å²) in [5.41, 5.74) is -1.08. The number of aromatic nitrogens is 4. The fraction of sp³-hybridized carbons (Fsp3) is 0.500. The molecule has 0 unspecified atom stereocenters. The molecule has 0 saturated heterocycles. The number of nitrogens with zero attached hydrogens (tertiary/aromatic N) is 4. The number of hydrogen-bond donors (Lipinski definition) is 1. The van der Waals surface area contributed by atoms with Crippen molar-refractivity contribution in [2.24, 2.45) is 0 Å². The topological polar surface area (TPSA) is 108 Å². The van der Waals surface area contributed by atoms with Crippen LogP contribution in [0.1, 0.15) is 34.6 Å². The molecule has 9 heteroatoms. The predicted octanol–water partition coefficient (Wildman–Crippen LogP) is 1.35. The van der Waals surface area contributed by atoms with Crippen LogP contribution in [-0.4, -0.2) is 36.7 Å². The molecule has 0 radical (unpaired) electrons. The van der Waals surface area contributed by atoms with Crippen molar-refractivity contribution >= 4 is 29.1 Å². The Morgan fingerprint density at radius 3 is 2.52 bits per heavy atom. The third-order valence-electron chi connectivity index (χ3n) is 2.86. The molecule has 1 amide bonds. The van der Waals surface area contributed by atoms with Gasteiger partial charge in [-0.25, -0.2) is 9.78 Å². The average Bonchev–Trinajstić information content (AvgIpc) is 2.79. The quantitative estimate of drug-likeness (QED) is 0.894. The Hall–Kier alpha value is -2.71. The van der Waals surface area contributed by atoms with E-state index in [4.69, 9.17) is 4.74 Å². The average molecular weight is 321 g/mol. The first-order valence-corrected chi connectivity index (χ1v) is 7.13. The van der Waals surface area contributed by atoms with Gasteiger partial charge >= 0.3 is 11.7 Å². The highest BCUT2D eigenvalue weighted by atomic mass is 16.6. The van der Waals surface area contributed by atoms with Gasteiger partial charge in [0.2, 0.25) is 11.9 Å². The number of ether oxygens (including phenoxy) is 1. The first-order valence-electron chi connectivity index (χ1n) is 7.13. The molecule has 2 rings (SSSR count). The summed E-state index contributed by atoms with van der Waals surface area (Å²) in [6, 6.07) is 0. The van der Waals surface area contributed by atoms with Crippen LogP contribution in [-0.2, 0) is 16.1 Å².